The fraction of sp³-hybridized carbons (Fsp3) is 0.167. The van der Waals surface area contributed by atoms with Crippen molar-refractivity contribution in [2.45, 2.75) is 32.9 Å². The smallest absolute Gasteiger partial charge is 0.450 e. The molecule has 3 aromatic rings. The van der Waals surface area contributed by atoms with Gasteiger partial charge in [-0.1, -0.05) is 36.4 Å². The Balaban J connectivity index is 1.72. The van der Waals surface area contributed by atoms with Crippen molar-refractivity contribution in [3.8, 4) is 0 Å². The van der Waals surface area contributed by atoms with Crippen LogP contribution < -0.4 is 0 Å². The van der Waals surface area contributed by atoms with Crippen LogP contribution in [0.25, 0.3) is 0 Å². The largest absolute Gasteiger partial charge is 0.470 e. The second kappa shape index (κ2) is 10.6. The average molecular weight is 533 g/mol. The van der Waals surface area contributed by atoms with E-state index in [4.69, 9.17) is 0 Å². The summed E-state index contributed by atoms with van der Waals surface area (Å²) in [5.41, 5.74) is -0.144. The van der Waals surface area contributed by atoms with Crippen LogP contribution in [0, 0.1) is 0 Å². The molecule has 0 saturated carbocycles. The molecule has 4 nitrogen and oxygen atoms in total. The van der Waals surface area contributed by atoms with Crippen LogP contribution in [0.5, 0.6) is 0 Å². The maximum atomic E-state index is 13.5. The first-order valence-electron chi connectivity index (χ1n) is 9.99. The van der Waals surface area contributed by atoms with Crippen molar-refractivity contribution in [2.24, 2.45) is 0 Å². The van der Waals surface area contributed by atoms with Gasteiger partial charge < -0.3 is 9.47 Å². The van der Waals surface area contributed by atoms with Crippen LogP contribution >= 0.6 is 0 Å². The number of hydrogen-bond donors (Lipinski definition) is 0. The van der Waals surface area contributed by atoms with Crippen LogP contribution in [0.4, 0.5) is 30.7 Å². The number of carbonyl (C=O) groups is 2. The number of esters is 2. The summed E-state index contributed by atoms with van der Waals surface area (Å²) in [5, 5.41) is 0. The lowest BCUT2D eigenvalue weighted by Gasteiger charge is -2.28. The Morgan fingerprint density at radius 2 is 1.06 bits per heavy atom. The minimum absolute atomic E-state index is 0.144. The third kappa shape index (κ3) is 5.99. The third-order valence-electron chi connectivity index (χ3n) is 4.59. The average Bonchev–Trinajstić information content (AvgIpc) is 2.83. The minimum atomic E-state index is -6.59. The van der Waals surface area contributed by atoms with Crippen molar-refractivity contribution in [3.63, 3.8) is 0 Å². The molecule has 3 aromatic carbocycles. The Labute approximate surface area is 203 Å². The lowest BCUT2D eigenvalue weighted by atomic mass is 10.2. The molecule has 0 bridgehead atoms. The van der Waals surface area contributed by atoms with Crippen LogP contribution in [0.1, 0.15) is 10.4 Å². The highest BCUT2D eigenvalue weighted by Gasteiger charge is 2.76. The van der Waals surface area contributed by atoms with Gasteiger partial charge in [0.2, 0.25) is 0 Å². The van der Waals surface area contributed by atoms with Gasteiger partial charge in [0.1, 0.15) is 0 Å². The molecule has 12 heteroatoms. The third-order valence-corrected chi connectivity index (χ3v) is 6.82. The van der Waals surface area contributed by atoms with E-state index >= 15 is 0 Å². The van der Waals surface area contributed by atoms with Crippen molar-refractivity contribution in [2.75, 3.05) is 6.61 Å². The van der Waals surface area contributed by atoms with E-state index in [-0.39, 0.29) is 5.56 Å². The normalized spacial score (nSPS) is 12.3. The topological polar surface area (TPSA) is 52.6 Å². The zero-order chi connectivity index (χ0) is 26.6. The molecule has 0 N–H and O–H groups in total. The van der Waals surface area contributed by atoms with Crippen molar-refractivity contribution >= 4 is 22.8 Å². The Hall–Kier alpha value is -3.54. The summed E-state index contributed by atoms with van der Waals surface area (Å²) in [5.74, 6) is -9.84. The monoisotopic (exact) mass is 533 g/mol. The van der Waals surface area contributed by atoms with Crippen molar-refractivity contribution in [1.29, 1.82) is 0 Å². The van der Waals surface area contributed by atoms with E-state index in [1.54, 1.807) is 12.1 Å². The summed E-state index contributed by atoms with van der Waals surface area (Å²) in [6.45, 7) is -1.67. The molecule has 36 heavy (non-hydrogen) atoms. The highest BCUT2D eigenvalue weighted by atomic mass is 32.2. The number of hydrogen-bond acceptors (Lipinski definition) is 4. The fourth-order valence-electron chi connectivity index (χ4n) is 2.92. The second-order valence-corrected chi connectivity index (χ2v) is 9.12. The zero-order valence-corrected chi connectivity index (χ0v) is 18.8. The van der Waals surface area contributed by atoms with E-state index in [0.29, 0.717) is 0 Å². The van der Waals surface area contributed by atoms with E-state index < -0.39 is 47.6 Å². The van der Waals surface area contributed by atoms with Gasteiger partial charge in [-0.3, -0.25) is 0 Å². The van der Waals surface area contributed by atoms with Gasteiger partial charge in [-0.05, 0) is 48.5 Å². The molecule has 0 amide bonds. The van der Waals surface area contributed by atoms with Crippen LogP contribution in [-0.4, -0.2) is 36.8 Å². The number of carbonyl (C=O) groups excluding carboxylic acids is 2. The Morgan fingerprint density at radius 1 is 0.639 bits per heavy atom. The number of alkyl halides is 7. The minimum Gasteiger partial charge on any atom is -0.450 e. The SMILES string of the molecule is O=C(COC(=O)c1ccc([S+](c2ccccc2)c2ccccc2)cc1)OC(F)(C(F)(F)F)C(F)(F)F. The van der Waals surface area contributed by atoms with Gasteiger partial charge in [0.25, 0.3) is 0 Å². The second-order valence-electron chi connectivity index (χ2n) is 7.10. The molecule has 0 aliphatic heterocycles. The molecular formula is C24H16F7O4S+. The maximum absolute atomic E-state index is 13.5. The Morgan fingerprint density at radius 3 is 1.47 bits per heavy atom. The fourth-order valence-corrected chi connectivity index (χ4v) is 5.00. The number of benzene rings is 3. The molecule has 3 rings (SSSR count). The lowest BCUT2D eigenvalue weighted by Crippen LogP contribution is -2.56. The Kier molecular flexibility index (Phi) is 7.97. The standard InChI is InChI=1S/C24H16F7O4S/c25-22(23(26,27)28,24(29,30)31)35-20(32)15-34-21(33)16-11-13-19(14-12-16)36(17-7-3-1-4-8-17)18-9-5-2-6-10-18/h1-14H,15H2/q+1. The predicted molar refractivity (Wildman–Crippen MR) is 114 cm³/mol. The molecule has 0 aliphatic carbocycles. The van der Waals surface area contributed by atoms with E-state index in [2.05, 4.69) is 9.47 Å². The predicted octanol–water partition coefficient (Wildman–Crippen LogP) is 6.27. The molecule has 0 aromatic heterocycles. The van der Waals surface area contributed by atoms with E-state index in [1.165, 1.54) is 12.1 Å². The number of halogens is 7. The van der Waals surface area contributed by atoms with E-state index in [1.807, 2.05) is 60.7 Å². The highest BCUT2D eigenvalue weighted by molar-refractivity contribution is 7.97. The van der Waals surface area contributed by atoms with Crippen LogP contribution in [0.3, 0.4) is 0 Å². The summed E-state index contributed by atoms with van der Waals surface area (Å²) >= 11 is 0. The molecule has 0 aliphatic rings. The van der Waals surface area contributed by atoms with Gasteiger partial charge in [-0.25, -0.2) is 9.59 Å². The molecule has 0 spiro atoms. The van der Waals surface area contributed by atoms with Gasteiger partial charge in [0, 0.05) is 0 Å². The molecule has 0 fully saturated rings. The van der Waals surface area contributed by atoms with Crippen LogP contribution in [0.2, 0.25) is 0 Å². The number of ether oxygens (including phenoxy) is 2. The molecule has 190 valence electrons. The van der Waals surface area contributed by atoms with Gasteiger partial charge in [-0.15, -0.1) is 0 Å². The molecule has 0 saturated heterocycles. The molecular weight excluding hydrogens is 517 g/mol. The summed E-state index contributed by atoms with van der Waals surface area (Å²) in [6, 6.07) is 24.7. The van der Waals surface area contributed by atoms with Gasteiger partial charge in [-0.2, -0.15) is 30.7 Å². The van der Waals surface area contributed by atoms with Gasteiger partial charge in [0.15, 0.2) is 21.3 Å². The summed E-state index contributed by atoms with van der Waals surface area (Å²) in [4.78, 5) is 26.3. The first-order valence-corrected chi connectivity index (χ1v) is 11.2. The van der Waals surface area contributed by atoms with Crippen LogP contribution in [0.15, 0.2) is 99.6 Å². The summed E-state index contributed by atoms with van der Waals surface area (Å²) in [6.07, 6.45) is -13.2. The van der Waals surface area contributed by atoms with Gasteiger partial charge >= 0.3 is 30.1 Å². The highest BCUT2D eigenvalue weighted by Crippen LogP contribution is 2.47. The molecule has 0 unspecified atom stereocenters. The number of rotatable bonds is 7. The maximum Gasteiger partial charge on any atom is 0.470 e. The molecule has 0 radical (unpaired) electrons. The first kappa shape index (κ1) is 27.1. The van der Waals surface area contributed by atoms with Crippen LogP contribution in [-0.2, 0) is 25.2 Å². The van der Waals surface area contributed by atoms with Crippen molar-refractivity contribution in [1.82, 2.24) is 0 Å². The molecule has 0 heterocycles. The van der Waals surface area contributed by atoms with E-state index in [0.717, 1.165) is 14.7 Å². The quantitative estimate of drug-likeness (QED) is 0.204. The zero-order valence-electron chi connectivity index (χ0n) is 18.0. The molecule has 0 atom stereocenters. The van der Waals surface area contributed by atoms with Gasteiger partial charge in [0.05, 0.1) is 16.5 Å². The lowest BCUT2D eigenvalue weighted by molar-refractivity contribution is -0.417. The van der Waals surface area contributed by atoms with Crippen molar-refractivity contribution < 1.29 is 49.8 Å². The Bertz CT molecular complexity index is 1130. The van der Waals surface area contributed by atoms with Crippen molar-refractivity contribution in [3.05, 3.63) is 90.5 Å². The summed E-state index contributed by atoms with van der Waals surface area (Å²) in [7, 11) is -0.557. The van der Waals surface area contributed by atoms with E-state index in [9.17, 15) is 40.3 Å². The summed E-state index contributed by atoms with van der Waals surface area (Å²) < 4.78 is 95.8. The first-order chi connectivity index (χ1) is 16.8.